The molecule has 7 nitrogen and oxygen atoms in total. The molecule has 2 fully saturated rings. The molecule has 0 spiro atoms. The van der Waals surface area contributed by atoms with Gasteiger partial charge in [-0.3, -0.25) is 9.59 Å². The maximum atomic E-state index is 15.4. The molecule has 0 saturated heterocycles. The molecule has 7 rings (SSSR count). The standard InChI is InChI=1S/C34H33FN4O3/c1-20-27-6-4-3-5-23(27)13-14-38(20)33(40)26-18-30(24-10-11-24)39-31(19-26)36-32(37-39)28-12-8-22(17-29(28)35)15-21-7-9-25(16-21)34(41)42-2/h3-6,8,12,15,17-20,24-25H,7,9-11,13-14,16H2,1-2H3/b21-15+/t20-,25?/m1/s1. The number of hydrogen-bond acceptors (Lipinski definition) is 5. The van der Waals surface area contributed by atoms with E-state index in [4.69, 9.17) is 14.8 Å². The van der Waals surface area contributed by atoms with Crippen LogP contribution in [-0.4, -0.2) is 45.0 Å². The molecule has 0 bridgehead atoms. The highest BCUT2D eigenvalue weighted by Crippen LogP contribution is 2.41. The molecular weight excluding hydrogens is 531 g/mol. The van der Waals surface area contributed by atoms with Gasteiger partial charge in [0.1, 0.15) is 5.82 Å². The molecular formula is C34H33FN4O3. The molecule has 2 saturated carbocycles. The topological polar surface area (TPSA) is 76.8 Å². The summed E-state index contributed by atoms with van der Waals surface area (Å²) in [6.07, 6.45) is 7.03. The van der Waals surface area contributed by atoms with E-state index in [1.807, 2.05) is 35.2 Å². The molecule has 2 atom stereocenters. The van der Waals surface area contributed by atoms with E-state index >= 15 is 4.39 Å². The number of amides is 1. The highest BCUT2D eigenvalue weighted by molar-refractivity contribution is 5.96. The summed E-state index contributed by atoms with van der Waals surface area (Å²) in [6, 6.07) is 17.1. The summed E-state index contributed by atoms with van der Waals surface area (Å²) < 4.78 is 22.1. The molecule has 0 radical (unpaired) electrons. The Morgan fingerprint density at radius 3 is 2.67 bits per heavy atom. The molecule has 0 N–H and O–H groups in total. The Kier molecular flexibility index (Phi) is 6.64. The quantitative estimate of drug-likeness (QED) is 0.258. The first-order valence-electron chi connectivity index (χ1n) is 14.8. The molecule has 2 aliphatic carbocycles. The zero-order valence-corrected chi connectivity index (χ0v) is 23.8. The molecule has 2 aromatic carbocycles. The number of carbonyl (C=O) groups excluding carboxylic acids is 2. The smallest absolute Gasteiger partial charge is 0.308 e. The highest BCUT2D eigenvalue weighted by Gasteiger charge is 2.32. The molecule has 3 aliphatic rings. The van der Waals surface area contributed by atoms with Gasteiger partial charge in [-0.2, -0.15) is 0 Å². The van der Waals surface area contributed by atoms with Crippen LogP contribution in [0.3, 0.4) is 0 Å². The van der Waals surface area contributed by atoms with Crippen molar-refractivity contribution in [3.8, 4) is 11.4 Å². The van der Waals surface area contributed by atoms with Crippen LogP contribution in [0.2, 0.25) is 0 Å². The van der Waals surface area contributed by atoms with Gasteiger partial charge in [0.15, 0.2) is 11.5 Å². The number of allylic oxidation sites excluding steroid dienone is 1. The SMILES string of the molecule is COC(=O)C1CC/C(=C\c2ccc(-c3nc4cc(C(=O)N5CCc6ccccc6[C@H]5C)cc(C5CC5)n4n3)c(F)c2)C1. The Bertz CT molecular complexity index is 1760. The predicted molar refractivity (Wildman–Crippen MR) is 157 cm³/mol. The van der Waals surface area contributed by atoms with E-state index in [1.54, 1.807) is 16.6 Å². The van der Waals surface area contributed by atoms with Crippen molar-refractivity contribution in [2.45, 2.75) is 57.4 Å². The first kappa shape index (κ1) is 26.6. The number of esters is 1. The summed E-state index contributed by atoms with van der Waals surface area (Å²) in [5.74, 6) is -0.134. The number of fused-ring (bicyclic) bond motifs is 2. The normalized spacial score (nSPS) is 21.1. The van der Waals surface area contributed by atoms with E-state index in [2.05, 4.69) is 19.1 Å². The average molecular weight is 565 g/mol. The first-order chi connectivity index (χ1) is 20.4. The van der Waals surface area contributed by atoms with Crippen LogP contribution in [0.5, 0.6) is 0 Å². The summed E-state index contributed by atoms with van der Waals surface area (Å²) in [4.78, 5) is 32.3. The van der Waals surface area contributed by atoms with E-state index in [-0.39, 0.29) is 23.8 Å². The minimum atomic E-state index is -0.409. The number of methoxy groups -OCH3 is 1. The van der Waals surface area contributed by atoms with Crippen molar-refractivity contribution in [3.63, 3.8) is 0 Å². The predicted octanol–water partition coefficient (Wildman–Crippen LogP) is 6.53. The Labute approximate surface area is 244 Å². The molecule has 42 heavy (non-hydrogen) atoms. The van der Waals surface area contributed by atoms with Gasteiger partial charge in [-0.1, -0.05) is 42.0 Å². The summed E-state index contributed by atoms with van der Waals surface area (Å²) in [5, 5.41) is 4.71. The first-order valence-corrected chi connectivity index (χ1v) is 14.8. The van der Waals surface area contributed by atoms with E-state index in [0.717, 1.165) is 48.9 Å². The number of hydrogen-bond donors (Lipinski definition) is 0. The fraction of sp³-hybridized carbons (Fsp3) is 0.353. The second-order valence-corrected chi connectivity index (χ2v) is 11.8. The van der Waals surface area contributed by atoms with Crippen LogP contribution in [0.25, 0.3) is 23.1 Å². The number of carbonyl (C=O) groups is 2. The Hall–Kier alpha value is -4.33. The summed E-state index contributed by atoms with van der Waals surface area (Å²) >= 11 is 0. The Morgan fingerprint density at radius 2 is 1.88 bits per heavy atom. The number of benzene rings is 2. The summed E-state index contributed by atoms with van der Waals surface area (Å²) in [7, 11) is 1.41. The van der Waals surface area contributed by atoms with E-state index < -0.39 is 5.82 Å². The van der Waals surface area contributed by atoms with Gasteiger partial charge in [0.25, 0.3) is 5.91 Å². The van der Waals surface area contributed by atoms with Crippen molar-refractivity contribution >= 4 is 23.6 Å². The fourth-order valence-corrected chi connectivity index (χ4v) is 6.55. The van der Waals surface area contributed by atoms with Crippen LogP contribution in [0.1, 0.15) is 83.7 Å². The van der Waals surface area contributed by atoms with Crippen molar-refractivity contribution in [2.75, 3.05) is 13.7 Å². The van der Waals surface area contributed by atoms with Gasteiger partial charge in [0, 0.05) is 23.7 Å². The average Bonchev–Trinajstić information content (AvgIpc) is 3.59. The lowest BCUT2D eigenvalue weighted by atomic mass is 9.93. The van der Waals surface area contributed by atoms with Crippen molar-refractivity contribution in [3.05, 3.63) is 93.9 Å². The van der Waals surface area contributed by atoms with Crippen molar-refractivity contribution in [2.24, 2.45) is 5.92 Å². The van der Waals surface area contributed by atoms with Gasteiger partial charge in [-0.05, 0) is 86.4 Å². The monoisotopic (exact) mass is 564 g/mol. The lowest BCUT2D eigenvalue weighted by Crippen LogP contribution is -2.38. The zero-order chi connectivity index (χ0) is 29.0. The molecule has 1 aliphatic heterocycles. The second-order valence-electron chi connectivity index (χ2n) is 11.8. The van der Waals surface area contributed by atoms with Gasteiger partial charge < -0.3 is 9.64 Å². The van der Waals surface area contributed by atoms with E-state index in [9.17, 15) is 9.59 Å². The van der Waals surface area contributed by atoms with Crippen LogP contribution in [0, 0.1) is 11.7 Å². The van der Waals surface area contributed by atoms with Gasteiger partial charge in [0.05, 0.1) is 24.6 Å². The third kappa shape index (κ3) is 4.78. The van der Waals surface area contributed by atoms with E-state index in [0.29, 0.717) is 41.5 Å². The zero-order valence-electron chi connectivity index (χ0n) is 23.8. The third-order valence-corrected chi connectivity index (χ3v) is 9.02. The maximum Gasteiger partial charge on any atom is 0.308 e. The summed E-state index contributed by atoms with van der Waals surface area (Å²) in [5.41, 5.74) is 6.75. The molecule has 4 aromatic rings. The van der Waals surface area contributed by atoms with E-state index in [1.165, 1.54) is 24.3 Å². The minimum absolute atomic E-state index is 0.0177. The number of rotatable bonds is 5. The second kappa shape index (κ2) is 10.5. The number of pyridine rings is 1. The largest absolute Gasteiger partial charge is 0.469 e. The molecule has 3 heterocycles. The number of aromatic nitrogens is 3. The Balaban J connectivity index is 1.18. The van der Waals surface area contributed by atoms with Crippen molar-refractivity contribution in [1.29, 1.82) is 0 Å². The van der Waals surface area contributed by atoms with Crippen molar-refractivity contribution in [1.82, 2.24) is 19.5 Å². The summed E-state index contributed by atoms with van der Waals surface area (Å²) in [6.45, 7) is 2.74. The molecule has 1 unspecified atom stereocenters. The van der Waals surface area contributed by atoms with Crippen molar-refractivity contribution < 1.29 is 18.7 Å². The molecule has 2 aromatic heterocycles. The number of ether oxygens (including phenoxy) is 1. The third-order valence-electron chi connectivity index (χ3n) is 9.02. The molecule has 8 heteroatoms. The lowest BCUT2D eigenvalue weighted by Gasteiger charge is -2.35. The van der Waals surface area contributed by atoms with Gasteiger partial charge >= 0.3 is 5.97 Å². The Morgan fingerprint density at radius 1 is 1.05 bits per heavy atom. The van der Waals surface area contributed by atoms with Crippen LogP contribution in [0.4, 0.5) is 4.39 Å². The van der Waals surface area contributed by atoms with Gasteiger partial charge in [-0.15, -0.1) is 5.10 Å². The van der Waals surface area contributed by atoms with Crippen LogP contribution in [-0.2, 0) is 16.0 Å². The maximum absolute atomic E-state index is 15.4. The van der Waals surface area contributed by atoms with Crippen LogP contribution < -0.4 is 0 Å². The van der Waals surface area contributed by atoms with Crippen LogP contribution >= 0.6 is 0 Å². The number of nitrogens with zero attached hydrogens (tertiary/aromatic N) is 4. The lowest BCUT2D eigenvalue weighted by molar-refractivity contribution is -0.145. The minimum Gasteiger partial charge on any atom is -0.469 e. The fourth-order valence-electron chi connectivity index (χ4n) is 6.55. The van der Waals surface area contributed by atoms with Gasteiger partial charge in [0.2, 0.25) is 0 Å². The number of halogens is 1. The van der Waals surface area contributed by atoms with Gasteiger partial charge in [-0.25, -0.2) is 13.9 Å². The molecule has 1 amide bonds. The molecule has 214 valence electrons. The van der Waals surface area contributed by atoms with Crippen LogP contribution in [0.15, 0.2) is 60.2 Å². The highest BCUT2D eigenvalue weighted by atomic mass is 19.1.